The average molecular weight is 385 g/mol. The molecule has 2 aliphatic rings. The second-order valence-corrected chi connectivity index (χ2v) is 8.24. The smallest absolute Gasteiger partial charge is 0.165 e. The van der Waals surface area contributed by atoms with Gasteiger partial charge in [0.25, 0.3) is 0 Å². The minimum absolute atomic E-state index is 0.236. The average Bonchev–Trinajstić information content (AvgIpc) is 3.22. The quantitative estimate of drug-likeness (QED) is 0.799. The molecule has 1 saturated carbocycles. The van der Waals surface area contributed by atoms with E-state index in [2.05, 4.69) is 11.8 Å². The molecule has 0 bridgehead atoms. The highest BCUT2D eigenvalue weighted by molar-refractivity contribution is 5.31. The number of nitrogens with zero attached hydrogens (tertiary/aromatic N) is 1. The van der Waals surface area contributed by atoms with E-state index < -0.39 is 5.82 Å². The minimum atomic E-state index is -0.541. The Bertz CT molecular complexity index is 796. The molecule has 1 aliphatic carbocycles. The highest BCUT2D eigenvalue weighted by Crippen LogP contribution is 2.40. The van der Waals surface area contributed by atoms with E-state index in [1.54, 1.807) is 7.11 Å². The maximum atomic E-state index is 13.6. The Hall–Kier alpha value is -2.27. The molecule has 150 valence electrons. The minimum Gasteiger partial charge on any atom is -0.505 e. The van der Waals surface area contributed by atoms with E-state index in [4.69, 9.17) is 9.47 Å². The lowest BCUT2D eigenvalue weighted by Crippen LogP contribution is -2.28. The van der Waals surface area contributed by atoms with Crippen molar-refractivity contribution >= 4 is 0 Å². The van der Waals surface area contributed by atoms with Crippen LogP contribution in [-0.2, 0) is 0 Å². The van der Waals surface area contributed by atoms with Gasteiger partial charge in [0.1, 0.15) is 11.5 Å². The van der Waals surface area contributed by atoms with Gasteiger partial charge < -0.3 is 19.5 Å². The third-order valence-electron chi connectivity index (χ3n) is 6.22. The van der Waals surface area contributed by atoms with Crippen LogP contribution in [0.2, 0.25) is 0 Å². The van der Waals surface area contributed by atoms with Crippen LogP contribution in [0.15, 0.2) is 42.5 Å². The van der Waals surface area contributed by atoms with Crippen molar-refractivity contribution in [2.24, 2.45) is 11.8 Å². The number of methoxy groups -OCH3 is 1. The molecule has 28 heavy (non-hydrogen) atoms. The summed E-state index contributed by atoms with van der Waals surface area (Å²) in [7, 11) is 1.67. The fraction of sp³-hybridized carbons (Fsp3) is 0.478. The van der Waals surface area contributed by atoms with Crippen molar-refractivity contribution < 1.29 is 19.0 Å². The van der Waals surface area contributed by atoms with Gasteiger partial charge in [0.15, 0.2) is 11.6 Å². The summed E-state index contributed by atoms with van der Waals surface area (Å²) in [4.78, 5) is 2.49. The van der Waals surface area contributed by atoms with Gasteiger partial charge in [0, 0.05) is 19.6 Å². The summed E-state index contributed by atoms with van der Waals surface area (Å²) < 4.78 is 25.0. The van der Waals surface area contributed by atoms with Crippen LogP contribution in [0.25, 0.3) is 0 Å². The number of phenolic OH excluding ortho intramolecular Hbond substituents is 1. The molecule has 5 heteroatoms. The van der Waals surface area contributed by atoms with Crippen LogP contribution >= 0.6 is 0 Å². The number of benzene rings is 2. The van der Waals surface area contributed by atoms with Gasteiger partial charge in [-0.15, -0.1) is 0 Å². The van der Waals surface area contributed by atoms with Gasteiger partial charge in [-0.05, 0) is 72.6 Å². The lowest BCUT2D eigenvalue weighted by molar-refractivity contribution is 0.184. The number of ether oxygens (including phenoxy) is 2. The van der Waals surface area contributed by atoms with Gasteiger partial charge in [-0.3, -0.25) is 0 Å². The first-order valence-corrected chi connectivity index (χ1v) is 10.0. The van der Waals surface area contributed by atoms with Gasteiger partial charge in [-0.2, -0.15) is 0 Å². The normalized spacial score (nSPS) is 25.5. The SMILES string of the molecule is COc1ccc(OC2CC3CN(CC(C)c4ccc(O)c(F)c4)C[C@@H]3C2)cc1. The van der Waals surface area contributed by atoms with Crippen LogP contribution in [0, 0.1) is 17.7 Å². The maximum Gasteiger partial charge on any atom is 0.165 e. The number of likely N-dealkylation sites (tertiary alicyclic amines) is 1. The van der Waals surface area contributed by atoms with Crippen LogP contribution < -0.4 is 9.47 Å². The first kappa shape index (κ1) is 19.1. The molecular weight excluding hydrogens is 357 g/mol. The molecule has 2 aromatic carbocycles. The second kappa shape index (κ2) is 8.00. The Morgan fingerprint density at radius 1 is 1.07 bits per heavy atom. The molecule has 0 radical (unpaired) electrons. The molecule has 3 unspecified atom stereocenters. The largest absolute Gasteiger partial charge is 0.505 e. The Morgan fingerprint density at radius 3 is 2.32 bits per heavy atom. The van der Waals surface area contributed by atoms with Gasteiger partial charge in [0.2, 0.25) is 0 Å². The van der Waals surface area contributed by atoms with E-state index in [-0.39, 0.29) is 17.8 Å². The molecule has 1 heterocycles. The fourth-order valence-electron chi connectivity index (χ4n) is 4.76. The number of fused-ring (bicyclic) bond motifs is 1. The van der Waals surface area contributed by atoms with E-state index in [0.717, 1.165) is 49.5 Å². The molecule has 0 spiro atoms. The predicted octanol–water partition coefficient (Wildman–Crippen LogP) is 4.43. The van der Waals surface area contributed by atoms with Crippen molar-refractivity contribution in [2.75, 3.05) is 26.7 Å². The van der Waals surface area contributed by atoms with Gasteiger partial charge in [-0.25, -0.2) is 4.39 Å². The summed E-state index contributed by atoms with van der Waals surface area (Å²) in [5.41, 5.74) is 0.938. The third-order valence-corrected chi connectivity index (χ3v) is 6.22. The van der Waals surface area contributed by atoms with E-state index in [0.29, 0.717) is 11.8 Å². The standard InChI is InChI=1S/C23H28FNO3/c1-15(16-3-8-23(26)22(24)11-16)12-25-13-17-9-21(10-18(17)14-25)28-20-6-4-19(27-2)5-7-20/h3-8,11,15,17-18,21,26H,9-10,12-14H2,1-2H3/t15?,17-,18?,21?/m0/s1. The molecule has 0 amide bonds. The molecular formula is C23H28FNO3. The lowest BCUT2D eigenvalue weighted by Gasteiger charge is -2.23. The van der Waals surface area contributed by atoms with Crippen molar-refractivity contribution in [2.45, 2.75) is 31.8 Å². The molecule has 0 aromatic heterocycles. The van der Waals surface area contributed by atoms with Crippen LogP contribution in [0.3, 0.4) is 0 Å². The highest BCUT2D eigenvalue weighted by atomic mass is 19.1. The zero-order valence-corrected chi connectivity index (χ0v) is 16.5. The molecule has 1 N–H and O–H groups in total. The van der Waals surface area contributed by atoms with Crippen molar-refractivity contribution in [3.63, 3.8) is 0 Å². The van der Waals surface area contributed by atoms with Crippen LogP contribution in [0.1, 0.15) is 31.2 Å². The fourth-order valence-corrected chi connectivity index (χ4v) is 4.76. The summed E-state index contributed by atoms with van der Waals surface area (Å²) in [5.74, 6) is 2.51. The Morgan fingerprint density at radius 2 is 1.71 bits per heavy atom. The molecule has 4 atom stereocenters. The number of phenols is 1. The van der Waals surface area contributed by atoms with Crippen LogP contribution in [-0.4, -0.2) is 42.9 Å². The number of aromatic hydroxyl groups is 1. The maximum absolute atomic E-state index is 13.6. The first-order valence-electron chi connectivity index (χ1n) is 10.0. The van der Waals surface area contributed by atoms with Crippen molar-refractivity contribution in [1.29, 1.82) is 0 Å². The Labute approximate surface area is 165 Å². The van der Waals surface area contributed by atoms with Crippen molar-refractivity contribution in [3.8, 4) is 17.2 Å². The second-order valence-electron chi connectivity index (χ2n) is 8.24. The molecule has 2 aromatic rings. The zero-order valence-electron chi connectivity index (χ0n) is 16.5. The lowest BCUT2D eigenvalue weighted by atomic mass is 10.0. The van der Waals surface area contributed by atoms with Gasteiger partial charge >= 0.3 is 0 Å². The molecule has 4 nitrogen and oxygen atoms in total. The number of halogens is 1. The Balaban J connectivity index is 1.28. The summed E-state index contributed by atoms with van der Waals surface area (Å²) >= 11 is 0. The van der Waals surface area contributed by atoms with Crippen LogP contribution in [0.4, 0.5) is 4.39 Å². The predicted molar refractivity (Wildman–Crippen MR) is 107 cm³/mol. The number of hydrogen-bond donors (Lipinski definition) is 1. The summed E-state index contributed by atoms with van der Waals surface area (Å²) in [6, 6.07) is 12.5. The summed E-state index contributed by atoms with van der Waals surface area (Å²) in [5, 5.41) is 9.37. The molecule has 1 aliphatic heterocycles. The highest BCUT2D eigenvalue weighted by Gasteiger charge is 2.42. The molecule has 1 saturated heterocycles. The number of rotatable bonds is 6. The summed E-state index contributed by atoms with van der Waals surface area (Å²) in [6.45, 7) is 5.20. The van der Waals surface area contributed by atoms with E-state index in [9.17, 15) is 9.50 Å². The van der Waals surface area contributed by atoms with E-state index in [1.807, 2.05) is 30.3 Å². The number of hydrogen-bond acceptors (Lipinski definition) is 4. The van der Waals surface area contributed by atoms with Crippen molar-refractivity contribution in [1.82, 2.24) is 4.90 Å². The molecule has 2 fully saturated rings. The molecule has 4 rings (SSSR count). The van der Waals surface area contributed by atoms with Gasteiger partial charge in [-0.1, -0.05) is 13.0 Å². The van der Waals surface area contributed by atoms with E-state index in [1.165, 1.54) is 12.1 Å². The topological polar surface area (TPSA) is 41.9 Å². The first-order chi connectivity index (χ1) is 13.5. The van der Waals surface area contributed by atoms with Crippen molar-refractivity contribution in [3.05, 3.63) is 53.8 Å². The van der Waals surface area contributed by atoms with Gasteiger partial charge in [0.05, 0.1) is 13.2 Å². The van der Waals surface area contributed by atoms with Crippen LogP contribution in [0.5, 0.6) is 17.2 Å². The third kappa shape index (κ3) is 4.09. The zero-order chi connectivity index (χ0) is 19.7. The monoisotopic (exact) mass is 385 g/mol. The summed E-state index contributed by atoms with van der Waals surface area (Å²) in [6.07, 6.45) is 2.47. The van der Waals surface area contributed by atoms with E-state index >= 15 is 0 Å². The Kier molecular flexibility index (Phi) is 5.44.